The molecule has 0 bridgehead atoms. The van der Waals surface area contributed by atoms with E-state index < -0.39 is 10.0 Å². The van der Waals surface area contributed by atoms with Gasteiger partial charge in [0.15, 0.2) is 0 Å². The molecule has 21 heavy (non-hydrogen) atoms. The molecular weight excluding hydrogens is 304 g/mol. The monoisotopic (exact) mass is 322 g/mol. The van der Waals surface area contributed by atoms with Crippen LogP contribution in [0.1, 0.15) is 5.56 Å². The summed E-state index contributed by atoms with van der Waals surface area (Å²) >= 11 is 1.61. The molecule has 2 aromatic rings. The van der Waals surface area contributed by atoms with E-state index in [9.17, 15) is 8.42 Å². The van der Waals surface area contributed by atoms with Crippen molar-refractivity contribution in [3.8, 4) is 0 Å². The molecule has 0 spiro atoms. The van der Waals surface area contributed by atoms with Gasteiger partial charge in [0, 0.05) is 22.9 Å². The van der Waals surface area contributed by atoms with Crippen LogP contribution in [-0.4, -0.2) is 20.7 Å². The Bertz CT molecular complexity index is 701. The molecule has 0 aliphatic heterocycles. The summed E-state index contributed by atoms with van der Waals surface area (Å²) < 4.78 is 26.9. The van der Waals surface area contributed by atoms with Gasteiger partial charge in [-0.15, -0.1) is 11.8 Å². The maximum absolute atomic E-state index is 12.1. The summed E-state index contributed by atoms with van der Waals surface area (Å²) in [5.74, 6) is 0.678. The number of thioether (sulfide) groups is 1. The van der Waals surface area contributed by atoms with Gasteiger partial charge in [-0.3, -0.25) is 0 Å². The van der Waals surface area contributed by atoms with E-state index in [-0.39, 0.29) is 4.90 Å². The molecule has 0 atom stereocenters. The van der Waals surface area contributed by atoms with E-state index in [0.717, 1.165) is 10.5 Å². The normalized spacial score (nSPS) is 11.5. The first-order valence-corrected chi connectivity index (χ1v) is 8.99. The Balaban J connectivity index is 1.91. The highest BCUT2D eigenvalue weighted by molar-refractivity contribution is 7.99. The van der Waals surface area contributed by atoms with Crippen molar-refractivity contribution < 1.29 is 8.42 Å². The molecular formula is C15H18N2O2S2. The third-order valence-corrected chi connectivity index (χ3v) is 5.43. The number of sulfonamides is 1. The van der Waals surface area contributed by atoms with Crippen LogP contribution in [-0.2, 0) is 10.0 Å². The minimum Gasteiger partial charge on any atom is -0.399 e. The van der Waals surface area contributed by atoms with Gasteiger partial charge >= 0.3 is 0 Å². The number of rotatable bonds is 6. The number of anilines is 1. The fraction of sp³-hybridized carbons (Fsp3) is 0.200. The standard InChI is InChI=1S/C15H18N2O2S2/c1-12-11-14(7-8-15(12)16)21(18,19)17-9-10-20-13-5-3-2-4-6-13/h2-8,11,17H,9-10,16H2,1H3. The fourth-order valence-electron chi connectivity index (χ4n) is 1.76. The van der Waals surface area contributed by atoms with Crippen molar-refractivity contribution in [2.45, 2.75) is 16.7 Å². The second-order valence-electron chi connectivity index (χ2n) is 4.58. The minimum absolute atomic E-state index is 0.249. The van der Waals surface area contributed by atoms with Gasteiger partial charge in [-0.05, 0) is 42.8 Å². The summed E-state index contributed by atoms with van der Waals surface area (Å²) in [5, 5.41) is 0. The quantitative estimate of drug-likeness (QED) is 0.487. The second kappa shape index (κ2) is 6.98. The molecule has 0 saturated heterocycles. The molecule has 4 nitrogen and oxygen atoms in total. The summed E-state index contributed by atoms with van der Waals surface area (Å²) in [6.07, 6.45) is 0. The zero-order valence-corrected chi connectivity index (χ0v) is 13.4. The molecule has 0 fully saturated rings. The van der Waals surface area contributed by atoms with Crippen LogP contribution in [0.25, 0.3) is 0 Å². The van der Waals surface area contributed by atoms with Crippen molar-refractivity contribution in [2.24, 2.45) is 0 Å². The molecule has 0 aliphatic carbocycles. The van der Waals surface area contributed by atoms with Gasteiger partial charge in [0.25, 0.3) is 0 Å². The van der Waals surface area contributed by atoms with E-state index >= 15 is 0 Å². The van der Waals surface area contributed by atoms with Gasteiger partial charge < -0.3 is 5.73 Å². The lowest BCUT2D eigenvalue weighted by molar-refractivity contribution is 0.584. The molecule has 0 aliphatic rings. The molecule has 6 heteroatoms. The Labute approximate surface area is 129 Å². The van der Waals surface area contributed by atoms with Crippen molar-refractivity contribution in [3.63, 3.8) is 0 Å². The predicted octanol–water partition coefficient (Wildman–Crippen LogP) is 2.65. The average Bonchev–Trinajstić information content (AvgIpc) is 2.47. The van der Waals surface area contributed by atoms with E-state index in [4.69, 9.17) is 5.73 Å². The molecule has 3 N–H and O–H groups in total. The highest BCUT2D eigenvalue weighted by Gasteiger charge is 2.13. The highest BCUT2D eigenvalue weighted by Crippen LogP contribution is 2.18. The average molecular weight is 322 g/mol. The van der Waals surface area contributed by atoms with Crippen LogP contribution in [0.5, 0.6) is 0 Å². The molecule has 2 aromatic carbocycles. The molecule has 0 radical (unpaired) electrons. The fourth-order valence-corrected chi connectivity index (χ4v) is 3.80. The Morgan fingerprint density at radius 2 is 1.86 bits per heavy atom. The van der Waals surface area contributed by atoms with Crippen LogP contribution in [0.3, 0.4) is 0 Å². The van der Waals surface area contributed by atoms with Gasteiger partial charge in [-0.25, -0.2) is 13.1 Å². The maximum Gasteiger partial charge on any atom is 0.240 e. The number of hydrogen-bond acceptors (Lipinski definition) is 4. The van der Waals surface area contributed by atoms with Crippen LogP contribution in [0.15, 0.2) is 58.3 Å². The largest absolute Gasteiger partial charge is 0.399 e. The molecule has 112 valence electrons. The predicted molar refractivity (Wildman–Crippen MR) is 87.9 cm³/mol. The molecule has 0 saturated carbocycles. The van der Waals surface area contributed by atoms with E-state index in [0.29, 0.717) is 18.0 Å². The van der Waals surface area contributed by atoms with Crippen LogP contribution >= 0.6 is 11.8 Å². The smallest absolute Gasteiger partial charge is 0.240 e. The van der Waals surface area contributed by atoms with Gasteiger partial charge in [0.2, 0.25) is 10.0 Å². The van der Waals surface area contributed by atoms with E-state index in [2.05, 4.69) is 4.72 Å². The molecule has 0 aromatic heterocycles. The first-order chi connectivity index (χ1) is 9.99. The summed E-state index contributed by atoms with van der Waals surface area (Å²) in [6, 6.07) is 14.6. The van der Waals surface area contributed by atoms with Gasteiger partial charge in [-0.1, -0.05) is 18.2 Å². The highest BCUT2D eigenvalue weighted by atomic mass is 32.2. The van der Waals surface area contributed by atoms with Crippen molar-refractivity contribution in [1.82, 2.24) is 4.72 Å². The SMILES string of the molecule is Cc1cc(S(=O)(=O)NCCSc2ccccc2)ccc1N. The van der Waals surface area contributed by atoms with Crippen LogP contribution in [0.2, 0.25) is 0 Å². The Morgan fingerprint density at radius 1 is 1.14 bits per heavy atom. The Hall–Kier alpha value is -1.50. The van der Waals surface area contributed by atoms with Crippen LogP contribution in [0, 0.1) is 6.92 Å². The molecule has 0 heterocycles. The number of hydrogen-bond donors (Lipinski definition) is 2. The lowest BCUT2D eigenvalue weighted by Gasteiger charge is -2.08. The van der Waals surface area contributed by atoms with E-state index in [1.807, 2.05) is 30.3 Å². The zero-order valence-electron chi connectivity index (χ0n) is 11.7. The first kappa shape index (κ1) is 15.9. The minimum atomic E-state index is -3.47. The topological polar surface area (TPSA) is 72.2 Å². The van der Waals surface area contributed by atoms with E-state index in [1.165, 1.54) is 6.07 Å². The number of nitrogens with two attached hydrogens (primary N) is 1. The van der Waals surface area contributed by atoms with Gasteiger partial charge in [0.05, 0.1) is 4.90 Å². The summed E-state index contributed by atoms with van der Waals surface area (Å²) in [6.45, 7) is 2.17. The van der Waals surface area contributed by atoms with Crippen molar-refractivity contribution in [2.75, 3.05) is 18.0 Å². The Morgan fingerprint density at radius 3 is 2.52 bits per heavy atom. The number of nitrogens with one attached hydrogen (secondary N) is 1. The lowest BCUT2D eigenvalue weighted by Crippen LogP contribution is -2.26. The van der Waals surface area contributed by atoms with Crippen molar-refractivity contribution in [1.29, 1.82) is 0 Å². The maximum atomic E-state index is 12.1. The summed E-state index contributed by atoms with van der Waals surface area (Å²) in [7, 11) is -3.47. The zero-order chi connectivity index (χ0) is 15.3. The number of aryl methyl sites for hydroxylation is 1. The third-order valence-electron chi connectivity index (χ3n) is 2.96. The van der Waals surface area contributed by atoms with Crippen LogP contribution < -0.4 is 10.5 Å². The molecule has 2 rings (SSSR count). The summed E-state index contributed by atoms with van der Waals surface area (Å²) in [5.41, 5.74) is 7.05. The number of benzene rings is 2. The van der Waals surface area contributed by atoms with Crippen molar-refractivity contribution >= 4 is 27.5 Å². The first-order valence-electron chi connectivity index (χ1n) is 6.53. The number of nitrogen functional groups attached to an aromatic ring is 1. The molecule has 0 amide bonds. The summed E-state index contributed by atoms with van der Waals surface area (Å²) in [4.78, 5) is 1.37. The second-order valence-corrected chi connectivity index (χ2v) is 7.51. The molecule has 0 unspecified atom stereocenters. The third kappa shape index (κ3) is 4.49. The lowest BCUT2D eigenvalue weighted by atomic mass is 10.2. The Kier molecular flexibility index (Phi) is 5.27. The van der Waals surface area contributed by atoms with E-state index in [1.54, 1.807) is 30.8 Å². The van der Waals surface area contributed by atoms with Gasteiger partial charge in [0.1, 0.15) is 0 Å². The van der Waals surface area contributed by atoms with Crippen LogP contribution in [0.4, 0.5) is 5.69 Å². The van der Waals surface area contributed by atoms with Crippen molar-refractivity contribution in [3.05, 3.63) is 54.1 Å². The van der Waals surface area contributed by atoms with Gasteiger partial charge in [-0.2, -0.15) is 0 Å².